The van der Waals surface area contributed by atoms with Crippen LogP contribution < -0.4 is 10.0 Å². The van der Waals surface area contributed by atoms with Crippen molar-refractivity contribution in [2.45, 2.75) is 24.8 Å². The van der Waals surface area contributed by atoms with Gasteiger partial charge in [-0.25, -0.2) is 12.8 Å². The third-order valence-corrected chi connectivity index (χ3v) is 5.99. The number of carbonyl (C=O) groups excluding carboxylic acids is 1. The van der Waals surface area contributed by atoms with Crippen molar-refractivity contribution in [2.24, 2.45) is 0 Å². The molecule has 1 atom stereocenters. The number of carbonyl (C=O) groups is 1. The molecule has 2 aromatic carbocycles. The van der Waals surface area contributed by atoms with Crippen molar-refractivity contribution >= 4 is 21.6 Å². The van der Waals surface area contributed by atoms with Gasteiger partial charge in [-0.3, -0.25) is 9.52 Å². The molecule has 144 valence electrons. The van der Waals surface area contributed by atoms with Crippen LogP contribution in [0.15, 0.2) is 47.4 Å². The first-order chi connectivity index (χ1) is 12.8. The van der Waals surface area contributed by atoms with E-state index in [1.165, 1.54) is 36.4 Å². The zero-order valence-corrected chi connectivity index (χ0v) is 16.0. The Morgan fingerprint density at radius 1 is 1.22 bits per heavy atom. The molecular formula is C19H22FN3O3S. The zero-order valence-electron chi connectivity index (χ0n) is 15.2. The van der Waals surface area contributed by atoms with Gasteiger partial charge in [0.25, 0.3) is 15.9 Å². The van der Waals surface area contributed by atoms with Crippen molar-refractivity contribution in [3.63, 3.8) is 0 Å². The lowest BCUT2D eigenvalue weighted by Crippen LogP contribution is -2.52. The highest BCUT2D eigenvalue weighted by atomic mass is 32.2. The number of benzene rings is 2. The second kappa shape index (κ2) is 7.66. The Labute approximate surface area is 158 Å². The number of anilines is 1. The fraction of sp³-hybridized carbons (Fsp3) is 0.316. The van der Waals surface area contributed by atoms with Crippen molar-refractivity contribution in [2.75, 3.05) is 24.4 Å². The van der Waals surface area contributed by atoms with E-state index in [0.29, 0.717) is 30.8 Å². The number of sulfonamides is 1. The highest BCUT2D eigenvalue weighted by molar-refractivity contribution is 7.92. The van der Waals surface area contributed by atoms with Gasteiger partial charge in [0.15, 0.2) is 0 Å². The van der Waals surface area contributed by atoms with E-state index in [1.807, 2.05) is 6.92 Å². The van der Waals surface area contributed by atoms with E-state index in [-0.39, 0.29) is 22.5 Å². The first-order valence-electron chi connectivity index (χ1n) is 8.68. The summed E-state index contributed by atoms with van der Waals surface area (Å²) in [5.41, 5.74) is 1.33. The van der Waals surface area contributed by atoms with E-state index in [2.05, 4.69) is 10.0 Å². The molecule has 1 amide bonds. The minimum atomic E-state index is -3.90. The van der Waals surface area contributed by atoms with Crippen LogP contribution in [-0.2, 0) is 10.0 Å². The highest BCUT2D eigenvalue weighted by Gasteiger charge is 2.26. The molecule has 8 heteroatoms. The van der Waals surface area contributed by atoms with Crippen LogP contribution in [0, 0.1) is 12.7 Å². The van der Waals surface area contributed by atoms with Gasteiger partial charge in [0.05, 0.1) is 4.90 Å². The number of hydrogen-bond acceptors (Lipinski definition) is 4. The van der Waals surface area contributed by atoms with E-state index in [1.54, 1.807) is 17.9 Å². The molecule has 27 heavy (non-hydrogen) atoms. The van der Waals surface area contributed by atoms with E-state index in [9.17, 15) is 17.6 Å². The average molecular weight is 391 g/mol. The Morgan fingerprint density at radius 3 is 2.59 bits per heavy atom. The zero-order chi connectivity index (χ0) is 19.6. The summed E-state index contributed by atoms with van der Waals surface area (Å²) >= 11 is 0. The Balaban J connectivity index is 1.89. The summed E-state index contributed by atoms with van der Waals surface area (Å²) in [5.74, 6) is -0.633. The van der Waals surface area contributed by atoms with Crippen LogP contribution in [0.1, 0.15) is 22.8 Å². The van der Waals surface area contributed by atoms with Gasteiger partial charge in [0.2, 0.25) is 0 Å². The van der Waals surface area contributed by atoms with Crippen molar-refractivity contribution in [1.82, 2.24) is 10.2 Å². The minimum absolute atomic E-state index is 0.0106. The number of nitrogens with one attached hydrogen (secondary N) is 2. The molecule has 2 aromatic rings. The summed E-state index contributed by atoms with van der Waals surface area (Å²) in [5, 5.41) is 3.23. The number of aryl methyl sites for hydroxylation is 1. The minimum Gasteiger partial charge on any atom is -0.333 e. The van der Waals surface area contributed by atoms with Crippen molar-refractivity contribution in [3.05, 3.63) is 59.4 Å². The van der Waals surface area contributed by atoms with Gasteiger partial charge >= 0.3 is 0 Å². The molecule has 0 aromatic heterocycles. The lowest BCUT2D eigenvalue weighted by atomic mass is 10.1. The quantitative estimate of drug-likeness (QED) is 0.839. The maximum Gasteiger partial charge on any atom is 0.261 e. The van der Waals surface area contributed by atoms with Gasteiger partial charge in [0, 0.05) is 36.9 Å². The van der Waals surface area contributed by atoms with Crippen molar-refractivity contribution in [3.8, 4) is 0 Å². The predicted molar refractivity (Wildman–Crippen MR) is 102 cm³/mol. The molecule has 1 unspecified atom stereocenters. The second-order valence-corrected chi connectivity index (χ2v) is 8.32. The summed E-state index contributed by atoms with van der Waals surface area (Å²) in [6, 6.07) is 9.55. The smallest absolute Gasteiger partial charge is 0.261 e. The Bertz CT molecular complexity index is 945. The summed E-state index contributed by atoms with van der Waals surface area (Å²) in [7, 11) is -3.90. The van der Waals surface area contributed by atoms with Crippen molar-refractivity contribution in [1.29, 1.82) is 0 Å². The molecule has 0 aliphatic carbocycles. The summed E-state index contributed by atoms with van der Waals surface area (Å²) in [6.07, 6.45) is 0. The number of piperazine rings is 1. The Morgan fingerprint density at radius 2 is 1.93 bits per heavy atom. The molecule has 2 N–H and O–H groups in total. The SMILES string of the molecule is Cc1ccc(S(=O)(=O)Nc2ccc(F)cc2)cc1C(=O)N1CCNCC1C. The first kappa shape index (κ1) is 19.3. The van der Waals surface area contributed by atoms with Crippen LogP contribution in [0.5, 0.6) is 0 Å². The average Bonchev–Trinajstić information content (AvgIpc) is 2.63. The van der Waals surface area contributed by atoms with Crippen LogP contribution >= 0.6 is 0 Å². The topological polar surface area (TPSA) is 78.5 Å². The van der Waals surface area contributed by atoms with E-state index < -0.39 is 15.8 Å². The number of amides is 1. The molecule has 1 aliphatic heterocycles. The summed E-state index contributed by atoms with van der Waals surface area (Å²) in [4.78, 5) is 14.7. The first-order valence-corrected chi connectivity index (χ1v) is 10.2. The molecule has 1 aliphatic rings. The van der Waals surface area contributed by atoms with Crippen LogP contribution in [-0.4, -0.2) is 44.9 Å². The van der Waals surface area contributed by atoms with Gasteiger partial charge in [-0.1, -0.05) is 6.07 Å². The number of nitrogens with zero attached hydrogens (tertiary/aromatic N) is 1. The molecule has 0 bridgehead atoms. The molecule has 0 saturated carbocycles. The van der Waals surface area contributed by atoms with Crippen LogP contribution in [0.3, 0.4) is 0 Å². The fourth-order valence-corrected chi connectivity index (χ4v) is 4.11. The van der Waals surface area contributed by atoms with Gasteiger partial charge in [-0.15, -0.1) is 0 Å². The molecule has 0 radical (unpaired) electrons. The monoisotopic (exact) mass is 391 g/mol. The van der Waals surface area contributed by atoms with E-state index in [4.69, 9.17) is 0 Å². The number of hydrogen-bond donors (Lipinski definition) is 2. The molecule has 6 nitrogen and oxygen atoms in total. The molecule has 1 heterocycles. The molecule has 1 saturated heterocycles. The molecule has 1 fully saturated rings. The van der Waals surface area contributed by atoms with Gasteiger partial charge < -0.3 is 10.2 Å². The highest BCUT2D eigenvalue weighted by Crippen LogP contribution is 2.21. The van der Waals surface area contributed by atoms with Crippen molar-refractivity contribution < 1.29 is 17.6 Å². The van der Waals surface area contributed by atoms with E-state index in [0.717, 1.165) is 0 Å². The Kier molecular flexibility index (Phi) is 5.48. The third-order valence-electron chi connectivity index (χ3n) is 4.61. The Hall–Kier alpha value is -2.45. The van der Waals surface area contributed by atoms with Gasteiger partial charge in [-0.05, 0) is 55.8 Å². The third kappa shape index (κ3) is 4.28. The molecule has 0 spiro atoms. The fourth-order valence-electron chi connectivity index (χ4n) is 3.03. The number of rotatable bonds is 4. The van der Waals surface area contributed by atoms with Crippen LogP contribution in [0.2, 0.25) is 0 Å². The van der Waals surface area contributed by atoms with Gasteiger partial charge in [0.1, 0.15) is 5.82 Å². The predicted octanol–water partition coefficient (Wildman–Crippen LogP) is 2.37. The standard InChI is InChI=1S/C19H22FN3O3S/c1-13-3-8-17(27(25,26)22-16-6-4-15(20)5-7-16)11-18(13)19(24)23-10-9-21-12-14(23)2/h3-8,11,14,21-22H,9-10,12H2,1-2H3. The summed E-state index contributed by atoms with van der Waals surface area (Å²) in [6.45, 7) is 5.72. The lowest BCUT2D eigenvalue weighted by Gasteiger charge is -2.34. The largest absolute Gasteiger partial charge is 0.333 e. The van der Waals surface area contributed by atoms with Crippen LogP contribution in [0.25, 0.3) is 0 Å². The van der Waals surface area contributed by atoms with Gasteiger partial charge in [-0.2, -0.15) is 0 Å². The summed E-state index contributed by atoms with van der Waals surface area (Å²) < 4.78 is 40.8. The van der Waals surface area contributed by atoms with E-state index >= 15 is 0 Å². The number of halogens is 1. The lowest BCUT2D eigenvalue weighted by molar-refractivity contribution is 0.0654. The maximum absolute atomic E-state index is 13.0. The molecule has 3 rings (SSSR count). The normalized spacial score (nSPS) is 17.6. The second-order valence-electron chi connectivity index (χ2n) is 6.64. The molecular weight excluding hydrogens is 369 g/mol. The van der Waals surface area contributed by atoms with Crippen LogP contribution in [0.4, 0.5) is 10.1 Å². The maximum atomic E-state index is 13.0.